The molecule has 1 aromatic carbocycles. The van der Waals surface area contributed by atoms with Gasteiger partial charge in [0, 0.05) is 12.2 Å². The molecule has 8 heteroatoms. The van der Waals surface area contributed by atoms with Gasteiger partial charge in [0.15, 0.2) is 5.69 Å². The average molecular weight is 354 g/mol. The van der Waals surface area contributed by atoms with Gasteiger partial charge in [-0.25, -0.2) is 4.68 Å². The number of carbonyl (C=O) groups excluding carboxylic acids is 2. The molecule has 2 N–H and O–H groups in total. The molecule has 0 radical (unpaired) electrons. The minimum atomic E-state index is -0.369. The number of rotatable bonds is 4. The first-order valence-electron chi connectivity index (χ1n) is 9.01. The number of hydrogen-bond donors (Lipinski definition) is 2. The van der Waals surface area contributed by atoms with Crippen molar-refractivity contribution in [1.29, 1.82) is 0 Å². The van der Waals surface area contributed by atoms with Crippen LogP contribution in [0.4, 0.5) is 5.69 Å². The molecule has 2 aliphatic rings. The summed E-state index contributed by atoms with van der Waals surface area (Å²) in [7, 11) is 0. The predicted molar refractivity (Wildman–Crippen MR) is 96.0 cm³/mol. The Morgan fingerprint density at radius 1 is 1.23 bits per heavy atom. The first-order valence-corrected chi connectivity index (χ1v) is 9.01. The molecule has 2 aliphatic heterocycles. The van der Waals surface area contributed by atoms with E-state index in [2.05, 4.69) is 20.9 Å². The number of piperidine rings is 1. The summed E-state index contributed by atoms with van der Waals surface area (Å²) in [5, 5.41) is 14.0. The molecule has 0 saturated carbocycles. The van der Waals surface area contributed by atoms with Crippen molar-refractivity contribution in [2.24, 2.45) is 0 Å². The van der Waals surface area contributed by atoms with Gasteiger partial charge in [-0.3, -0.25) is 9.59 Å². The van der Waals surface area contributed by atoms with Crippen molar-refractivity contribution >= 4 is 17.5 Å². The van der Waals surface area contributed by atoms with Gasteiger partial charge in [-0.2, -0.15) is 0 Å². The zero-order valence-electron chi connectivity index (χ0n) is 14.5. The Morgan fingerprint density at radius 3 is 2.88 bits per heavy atom. The van der Waals surface area contributed by atoms with Gasteiger partial charge in [0.05, 0.1) is 18.8 Å². The van der Waals surface area contributed by atoms with Crippen LogP contribution in [0.1, 0.15) is 34.9 Å². The summed E-state index contributed by atoms with van der Waals surface area (Å²) in [6.07, 6.45) is 4.45. The molecule has 1 fully saturated rings. The smallest absolute Gasteiger partial charge is 0.273 e. The maximum Gasteiger partial charge on any atom is 0.273 e. The van der Waals surface area contributed by atoms with Crippen LogP contribution in [0.3, 0.4) is 0 Å². The second-order valence-corrected chi connectivity index (χ2v) is 6.67. The van der Waals surface area contributed by atoms with E-state index in [4.69, 9.17) is 0 Å². The number of carbonyl (C=O) groups is 2. The summed E-state index contributed by atoms with van der Waals surface area (Å²) in [6.45, 7) is 2.49. The topological polar surface area (TPSA) is 92.2 Å². The molecule has 0 atom stereocenters. The number of benzene rings is 1. The number of nitrogens with zero attached hydrogens (tertiary/aromatic N) is 4. The van der Waals surface area contributed by atoms with E-state index in [1.807, 2.05) is 24.3 Å². The number of hydrogen-bond acceptors (Lipinski definition) is 5. The summed E-state index contributed by atoms with van der Waals surface area (Å²) < 4.78 is 1.76. The van der Waals surface area contributed by atoms with Crippen molar-refractivity contribution in [3.05, 3.63) is 41.7 Å². The van der Waals surface area contributed by atoms with Crippen LogP contribution < -0.4 is 15.5 Å². The number of anilines is 1. The summed E-state index contributed by atoms with van der Waals surface area (Å²) >= 11 is 0. The Hall–Kier alpha value is -2.74. The Balaban J connectivity index is 1.34. The van der Waals surface area contributed by atoms with Crippen LogP contribution in [-0.2, 0) is 11.2 Å². The van der Waals surface area contributed by atoms with Gasteiger partial charge in [-0.1, -0.05) is 23.4 Å². The van der Waals surface area contributed by atoms with Crippen LogP contribution >= 0.6 is 0 Å². The van der Waals surface area contributed by atoms with Crippen molar-refractivity contribution in [2.75, 3.05) is 31.1 Å². The van der Waals surface area contributed by atoms with E-state index >= 15 is 0 Å². The van der Waals surface area contributed by atoms with E-state index in [1.165, 1.54) is 0 Å². The van der Waals surface area contributed by atoms with Crippen molar-refractivity contribution in [3.8, 4) is 0 Å². The van der Waals surface area contributed by atoms with Crippen molar-refractivity contribution in [2.45, 2.75) is 25.3 Å². The fraction of sp³-hybridized carbons (Fsp3) is 0.444. The molecule has 0 unspecified atom stereocenters. The van der Waals surface area contributed by atoms with Gasteiger partial charge in [0.1, 0.15) is 0 Å². The normalized spacial score (nSPS) is 17.2. The van der Waals surface area contributed by atoms with Crippen molar-refractivity contribution in [3.63, 3.8) is 0 Å². The van der Waals surface area contributed by atoms with Gasteiger partial charge in [0.25, 0.3) is 5.91 Å². The highest BCUT2D eigenvalue weighted by Crippen LogP contribution is 2.27. The van der Waals surface area contributed by atoms with Gasteiger partial charge in [-0.15, -0.1) is 5.10 Å². The highest BCUT2D eigenvalue weighted by molar-refractivity contribution is 6.00. The first kappa shape index (κ1) is 16.7. The molecule has 26 heavy (non-hydrogen) atoms. The molecule has 8 nitrogen and oxygen atoms in total. The van der Waals surface area contributed by atoms with E-state index in [-0.39, 0.29) is 30.1 Å². The molecule has 136 valence electrons. The summed E-state index contributed by atoms with van der Waals surface area (Å²) in [5.41, 5.74) is 2.35. The second-order valence-electron chi connectivity index (χ2n) is 6.67. The fourth-order valence-electron chi connectivity index (χ4n) is 3.57. The summed E-state index contributed by atoms with van der Waals surface area (Å²) in [6, 6.07) is 8.13. The second kappa shape index (κ2) is 7.25. The third-order valence-corrected chi connectivity index (χ3v) is 5.01. The number of nitrogens with one attached hydrogen (secondary N) is 2. The average Bonchev–Trinajstić information content (AvgIpc) is 3.34. The van der Waals surface area contributed by atoms with Crippen LogP contribution in [0.2, 0.25) is 0 Å². The summed E-state index contributed by atoms with van der Waals surface area (Å²) in [5.74, 6) is -0.486. The van der Waals surface area contributed by atoms with Crippen LogP contribution in [0, 0.1) is 0 Å². The fourth-order valence-corrected chi connectivity index (χ4v) is 3.57. The van der Waals surface area contributed by atoms with E-state index in [1.54, 1.807) is 15.8 Å². The van der Waals surface area contributed by atoms with Crippen LogP contribution in [0.25, 0.3) is 0 Å². The third kappa shape index (κ3) is 3.32. The van der Waals surface area contributed by atoms with Gasteiger partial charge in [0.2, 0.25) is 5.91 Å². The number of fused-ring (bicyclic) bond motifs is 1. The Morgan fingerprint density at radius 2 is 2.04 bits per heavy atom. The van der Waals surface area contributed by atoms with E-state index in [0.29, 0.717) is 6.54 Å². The Bertz CT molecular complexity index is 812. The largest absolute Gasteiger partial charge is 0.342 e. The van der Waals surface area contributed by atoms with Crippen LogP contribution in [-0.4, -0.2) is 53.0 Å². The van der Waals surface area contributed by atoms with E-state index in [9.17, 15) is 9.59 Å². The van der Waals surface area contributed by atoms with Crippen LogP contribution in [0.15, 0.2) is 30.5 Å². The molecule has 1 aromatic heterocycles. The van der Waals surface area contributed by atoms with Crippen LogP contribution in [0.5, 0.6) is 0 Å². The molecule has 0 aliphatic carbocycles. The maximum absolute atomic E-state index is 12.5. The lowest BCUT2D eigenvalue weighted by Crippen LogP contribution is -2.39. The zero-order valence-corrected chi connectivity index (χ0v) is 14.5. The lowest BCUT2D eigenvalue weighted by Gasteiger charge is -2.22. The first-order chi connectivity index (χ1) is 12.7. The molecule has 2 amide bonds. The third-order valence-electron chi connectivity index (χ3n) is 5.01. The number of aromatic nitrogens is 3. The molecule has 1 saturated heterocycles. The van der Waals surface area contributed by atoms with Crippen molar-refractivity contribution in [1.82, 2.24) is 25.6 Å². The molecule has 4 rings (SSSR count). The molecular weight excluding hydrogens is 332 g/mol. The Labute approximate surface area is 151 Å². The quantitative estimate of drug-likeness (QED) is 0.835. The zero-order chi connectivity index (χ0) is 17.9. The molecule has 0 spiro atoms. The lowest BCUT2D eigenvalue weighted by atomic mass is 10.1. The van der Waals surface area contributed by atoms with Gasteiger partial charge >= 0.3 is 0 Å². The minimum Gasteiger partial charge on any atom is -0.342 e. The maximum atomic E-state index is 12.5. The highest BCUT2D eigenvalue weighted by Gasteiger charge is 2.25. The lowest BCUT2D eigenvalue weighted by molar-refractivity contribution is -0.117. The molecule has 3 heterocycles. The van der Waals surface area contributed by atoms with Gasteiger partial charge < -0.3 is 15.5 Å². The number of para-hydroxylation sites is 1. The van der Waals surface area contributed by atoms with Crippen molar-refractivity contribution < 1.29 is 9.59 Å². The monoisotopic (exact) mass is 354 g/mol. The molecular formula is C18H22N6O2. The standard InChI is InChI=1S/C18H22N6O2/c25-17(23-10-7-13-3-1-2-4-16(13)23)11-20-18(26)15-12-24(22-21-15)14-5-8-19-9-6-14/h1-4,12,14,19H,5-11H2,(H,20,26). The van der Waals surface area contributed by atoms with E-state index < -0.39 is 0 Å². The van der Waals surface area contributed by atoms with Gasteiger partial charge in [-0.05, 0) is 44.0 Å². The van der Waals surface area contributed by atoms with E-state index in [0.717, 1.165) is 43.6 Å². The minimum absolute atomic E-state index is 0.0482. The SMILES string of the molecule is O=C(NCC(=O)N1CCc2ccccc21)c1cn(C2CCNCC2)nn1. The molecule has 0 bridgehead atoms. The molecule has 2 aromatic rings. The highest BCUT2D eigenvalue weighted by atomic mass is 16.2. The predicted octanol–water partition coefficient (Wildman–Crippen LogP) is 0.522. The number of amides is 2. The summed E-state index contributed by atoms with van der Waals surface area (Å²) in [4.78, 5) is 26.5. The Kier molecular flexibility index (Phi) is 4.66.